The lowest BCUT2D eigenvalue weighted by molar-refractivity contribution is -0.555. The molecule has 1 aliphatic carbocycles. The van der Waals surface area contributed by atoms with Gasteiger partial charge in [-0.05, 0) is 51.5 Å². The summed E-state index contributed by atoms with van der Waals surface area (Å²) in [6.45, 7) is 8.61. The molecule has 1 spiro atoms. The normalized spacial score (nSPS) is 46.8. The number of fused-ring (bicyclic) bond motifs is 2. The van der Waals surface area contributed by atoms with Gasteiger partial charge < -0.3 is 14.8 Å². The Morgan fingerprint density at radius 2 is 2.08 bits per heavy atom. The number of carbonyl (C=O) groups excluding carboxylic acids is 1. The third-order valence-corrected chi connectivity index (χ3v) is 6.37. The molecule has 1 saturated carbocycles. The smallest absolute Gasteiger partial charge is 0.286 e. The summed E-state index contributed by atoms with van der Waals surface area (Å²) < 4.78 is 12.3. The standard InChI is InChI=1S/C18H27NO5/c1-5-19-15(20)14-11(3)13-7-6-10(2)12-8-9-17(4)22-16(21-14)18(12,13)24-23-17/h10,12-13,16H,5-9H2,1-4H3,(H,19,20)/t10-,12+,13+,16?,17+,18-/m1/s1. The molecule has 4 fully saturated rings. The van der Waals surface area contributed by atoms with Crippen LogP contribution in [0.3, 0.4) is 0 Å². The molecule has 6 heteroatoms. The lowest BCUT2D eigenvalue weighted by atomic mass is 9.59. The van der Waals surface area contributed by atoms with Crippen molar-refractivity contribution in [3.8, 4) is 0 Å². The predicted octanol–water partition coefficient (Wildman–Crippen LogP) is 2.64. The minimum atomic E-state index is -0.810. The Labute approximate surface area is 142 Å². The quantitative estimate of drug-likeness (QED) is 0.785. The number of ether oxygens (including phenoxy) is 2. The van der Waals surface area contributed by atoms with Crippen LogP contribution in [0.15, 0.2) is 11.3 Å². The molecule has 1 amide bonds. The SMILES string of the molecule is CCNC(=O)C1=C(C)[C@@H]2CC[C@@H](C)[C@@H]3CC[C@]4(C)OO[C@@]23C(O1)O4. The fraction of sp³-hybridized carbons (Fsp3) is 0.833. The number of carbonyl (C=O) groups is 1. The highest BCUT2D eigenvalue weighted by Gasteiger charge is 2.68. The zero-order valence-electron chi connectivity index (χ0n) is 14.9. The van der Waals surface area contributed by atoms with Crippen molar-refractivity contribution in [1.29, 1.82) is 0 Å². The lowest BCUT2D eigenvalue weighted by Gasteiger charge is -2.57. The summed E-state index contributed by atoms with van der Waals surface area (Å²) in [5.41, 5.74) is 0.306. The van der Waals surface area contributed by atoms with Gasteiger partial charge >= 0.3 is 0 Å². The Bertz CT molecular complexity index is 590. The Kier molecular flexibility index (Phi) is 3.71. The molecule has 3 saturated heterocycles. The average molecular weight is 337 g/mol. The Hall–Kier alpha value is -1.11. The molecule has 1 unspecified atom stereocenters. The Morgan fingerprint density at radius 1 is 1.29 bits per heavy atom. The molecule has 0 radical (unpaired) electrons. The second-order valence-corrected chi connectivity index (χ2v) is 7.85. The molecule has 0 aromatic rings. The van der Waals surface area contributed by atoms with Gasteiger partial charge in [-0.3, -0.25) is 4.79 Å². The largest absolute Gasteiger partial charge is 0.456 e. The van der Waals surface area contributed by atoms with Crippen LogP contribution < -0.4 is 5.32 Å². The van der Waals surface area contributed by atoms with Crippen LogP contribution in [0.25, 0.3) is 0 Å². The first-order valence-corrected chi connectivity index (χ1v) is 9.11. The first-order valence-electron chi connectivity index (χ1n) is 9.11. The first kappa shape index (κ1) is 16.4. The van der Waals surface area contributed by atoms with Crippen molar-refractivity contribution >= 4 is 5.91 Å². The van der Waals surface area contributed by atoms with E-state index in [4.69, 9.17) is 19.2 Å². The fourth-order valence-electron chi connectivity index (χ4n) is 5.09. The van der Waals surface area contributed by atoms with Gasteiger partial charge in [-0.15, -0.1) is 0 Å². The lowest BCUT2D eigenvalue weighted by Crippen LogP contribution is -2.67. The summed E-state index contributed by atoms with van der Waals surface area (Å²) in [4.78, 5) is 24.2. The van der Waals surface area contributed by atoms with Crippen LogP contribution >= 0.6 is 0 Å². The maximum atomic E-state index is 12.5. The van der Waals surface area contributed by atoms with Crippen LogP contribution in [0.2, 0.25) is 0 Å². The van der Waals surface area contributed by atoms with Gasteiger partial charge in [0.25, 0.3) is 5.91 Å². The van der Waals surface area contributed by atoms with Crippen LogP contribution in [-0.2, 0) is 24.0 Å². The number of amides is 1. The topological polar surface area (TPSA) is 66.0 Å². The van der Waals surface area contributed by atoms with Gasteiger partial charge in [-0.25, -0.2) is 9.78 Å². The molecule has 2 bridgehead atoms. The van der Waals surface area contributed by atoms with Gasteiger partial charge in [-0.2, -0.15) is 0 Å². The number of likely N-dealkylation sites (N-methyl/N-ethyl adjacent to an activating group) is 1. The highest BCUT2D eigenvalue weighted by Crippen LogP contribution is 2.60. The third kappa shape index (κ3) is 2.09. The number of nitrogens with one attached hydrogen (secondary N) is 1. The van der Waals surface area contributed by atoms with Gasteiger partial charge in [0.2, 0.25) is 12.1 Å². The van der Waals surface area contributed by atoms with Crippen molar-refractivity contribution in [2.45, 2.75) is 71.1 Å². The summed E-state index contributed by atoms with van der Waals surface area (Å²) in [5.74, 6) is 0.308. The molecule has 1 N–H and O–H groups in total. The van der Waals surface area contributed by atoms with Crippen LogP contribution in [0.5, 0.6) is 0 Å². The Morgan fingerprint density at radius 3 is 2.83 bits per heavy atom. The number of hydrogen-bond acceptors (Lipinski definition) is 5. The van der Waals surface area contributed by atoms with E-state index in [1.165, 1.54) is 0 Å². The maximum absolute atomic E-state index is 12.5. The van der Waals surface area contributed by atoms with E-state index in [0.29, 0.717) is 24.1 Å². The predicted molar refractivity (Wildman–Crippen MR) is 85.3 cm³/mol. The molecular weight excluding hydrogens is 310 g/mol. The summed E-state index contributed by atoms with van der Waals surface area (Å²) in [7, 11) is 0. The summed E-state index contributed by atoms with van der Waals surface area (Å²) in [5, 5.41) is 2.84. The zero-order valence-corrected chi connectivity index (χ0v) is 14.9. The van der Waals surface area contributed by atoms with E-state index in [9.17, 15) is 4.79 Å². The minimum absolute atomic E-state index is 0.0812. The molecule has 4 heterocycles. The second-order valence-electron chi connectivity index (χ2n) is 7.85. The van der Waals surface area contributed by atoms with E-state index in [1.807, 2.05) is 20.8 Å². The third-order valence-electron chi connectivity index (χ3n) is 6.37. The van der Waals surface area contributed by atoms with Crippen molar-refractivity contribution in [2.75, 3.05) is 6.54 Å². The molecule has 5 aliphatic rings. The molecule has 134 valence electrons. The van der Waals surface area contributed by atoms with Crippen LogP contribution in [0, 0.1) is 17.8 Å². The van der Waals surface area contributed by atoms with Crippen molar-refractivity contribution < 1.29 is 24.0 Å². The first-order chi connectivity index (χ1) is 11.4. The monoisotopic (exact) mass is 337 g/mol. The molecule has 6 nitrogen and oxygen atoms in total. The van der Waals surface area contributed by atoms with Gasteiger partial charge in [0.05, 0.1) is 0 Å². The highest BCUT2D eigenvalue weighted by molar-refractivity contribution is 5.92. The average Bonchev–Trinajstić information content (AvgIpc) is 2.77. The Balaban J connectivity index is 1.81. The molecule has 0 aromatic carbocycles. The van der Waals surface area contributed by atoms with E-state index in [1.54, 1.807) is 0 Å². The summed E-state index contributed by atoms with van der Waals surface area (Å²) in [6, 6.07) is 0. The minimum Gasteiger partial charge on any atom is -0.456 e. The summed E-state index contributed by atoms with van der Waals surface area (Å²) >= 11 is 0. The van der Waals surface area contributed by atoms with Gasteiger partial charge in [0, 0.05) is 24.8 Å². The fourth-order valence-corrected chi connectivity index (χ4v) is 5.09. The molecule has 24 heavy (non-hydrogen) atoms. The van der Waals surface area contributed by atoms with Crippen LogP contribution in [0.1, 0.15) is 53.4 Å². The molecule has 0 aromatic heterocycles. The molecule has 6 atom stereocenters. The zero-order chi connectivity index (χ0) is 17.1. The van der Waals surface area contributed by atoms with Crippen molar-refractivity contribution in [1.82, 2.24) is 5.32 Å². The van der Waals surface area contributed by atoms with Gasteiger partial charge in [0.1, 0.15) is 0 Å². The van der Waals surface area contributed by atoms with E-state index in [-0.39, 0.29) is 11.8 Å². The summed E-state index contributed by atoms with van der Waals surface area (Å²) in [6.07, 6.45) is 3.22. The van der Waals surface area contributed by atoms with E-state index >= 15 is 0 Å². The molecule has 5 rings (SSSR count). The van der Waals surface area contributed by atoms with Crippen molar-refractivity contribution in [3.05, 3.63) is 11.3 Å². The van der Waals surface area contributed by atoms with E-state index in [2.05, 4.69) is 12.2 Å². The van der Waals surface area contributed by atoms with Gasteiger partial charge in [0.15, 0.2) is 11.4 Å². The second kappa shape index (κ2) is 5.44. The molecule has 4 aliphatic heterocycles. The van der Waals surface area contributed by atoms with Gasteiger partial charge in [-0.1, -0.05) is 6.92 Å². The van der Waals surface area contributed by atoms with Crippen molar-refractivity contribution in [3.63, 3.8) is 0 Å². The number of hydrogen-bond donors (Lipinski definition) is 1. The number of rotatable bonds is 2. The molecular formula is C18H27NO5. The van der Waals surface area contributed by atoms with Crippen LogP contribution in [-0.4, -0.2) is 30.1 Å². The van der Waals surface area contributed by atoms with Crippen molar-refractivity contribution in [2.24, 2.45) is 17.8 Å². The van der Waals surface area contributed by atoms with E-state index in [0.717, 1.165) is 31.3 Å². The highest BCUT2D eigenvalue weighted by atomic mass is 17.3. The maximum Gasteiger partial charge on any atom is 0.286 e. The van der Waals surface area contributed by atoms with E-state index < -0.39 is 17.7 Å². The van der Waals surface area contributed by atoms with Crippen LogP contribution in [0.4, 0.5) is 0 Å².